The topological polar surface area (TPSA) is 64.1 Å². The number of rotatable bonds is 3. The van der Waals surface area contributed by atoms with Crippen LogP contribution in [-0.2, 0) is 0 Å². The monoisotopic (exact) mass is 253 g/mol. The zero-order valence-corrected chi connectivity index (χ0v) is 10.6. The number of benzene rings is 1. The number of nitrogens with two attached hydrogens (primary N) is 1. The molecular formula is C15H15N3O. The van der Waals surface area contributed by atoms with Crippen LogP contribution in [0.25, 0.3) is 11.0 Å². The number of nitrogens with one attached hydrogen (secondary N) is 1. The van der Waals surface area contributed by atoms with E-state index >= 15 is 0 Å². The summed E-state index contributed by atoms with van der Waals surface area (Å²) in [5.41, 5.74) is 5.73. The first-order valence-corrected chi connectivity index (χ1v) is 6.14. The molecule has 96 valence electrons. The third-order valence-corrected chi connectivity index (χ3v) is 3.13. The van der Waals surface area contributed by atoms with Gasteiger partial charge in [-0.15, -0.1) is 0 Å². The van der Waals surface area contributed by atoms with Crippen molar-refractivity contribution < 1.29 is 4.42 Å². The van der Waals surface area contributed by atoms with Gasteiger partial charge in [0.05, 0.1) is 0 Å². The van der Waals surface area contributed by atoms with Crippen LogP contribution in [0.3, 0.4) is 0 Å². The van der Waals surface area contributed by atoms with E-state index in [1.54, 1.807) is 6.20 Å². The Balaban J connectivity index is 2.06. The number of hydrogen-bond donors (Lipinski definition) is 2. The predicted molar refractivity (Wildman–Crippen MR) is 74.4 cm³/mol. The zero-order valence-electron chi connectivity index (χ0n) is 10.6. The highest BCUT2D eigenvalue weighted by atomic mass is 16.3. The van der Waals surface area contributed by atoms with E-state index in [1.165, 1.54) is 0 Å². The van der Waals surface area contributed by atoms with Crippen LogP contribution in [0.15, 0.2) is 53.2 Å². The second-order valence-electron chi connectivity index (χ2n) is 4.58. The lowest BCUT2D eigenvalue weighted by Crippen LogP contribution is -2.28. The number of aromatic nitrogens is 1. The van der Waals surface area contributed by atoms with Gasteiger partial charge in [-0.3, -0.25) is 10.8 Å². The fourth-order valence-electron chi connectivity index (χ4n) is 2.22. The SMILES string of the molecule is Cc1cncc(C(NN)c2cc3ccccc3o2)c1. The first-order chi connectivity index (χ1) is 9.28. The number of nitrogens with zero attached hydrogens (tertiary/aromatic N) is 1. The first-order valence-electron chi connectivity index (χ1n) is 6.14. The summed E-state index contributed by atoms with van der Waals surface area (Å²) in [5.74, 6) is 6.46. The van der Waals surface area contributed by atoms with Crippen LogP contribution in [-0.4, -0.2) is 4.98 Å². The highest BCUT2D eigenvalue weighted by molar-refractivity contribution is 5.77. The smallest absolute Gasteiger partial charge is 0.134 e. The molecular weight excluding hydrogens is 238 g/mol. The summed E-state index contributed by atoms with van der Waals surface area (Å²) in [5, 5.41) is 1.07. The minimum Gasteiger partial charge on any atom is -0.459 e. The molecule has 0 spiro atoms. The second-order valence-corrected chi connectivity index (χ2v) is 4.58. The van der Waals surface area contributed by atoms with Gasteiger partial charge in [0.25, 0.3) is 0 Å². The third kappa shape index (κ3) is 2.23. The highest BCUT2D eigenvalue weighted by Crippen LogP contribution is 2.27. The lowest BCUT2D eigenvalue weighted by Gasteiger charge is -2.13. The van der Waals surface area contributed by atoms with Crippen LogP contribution in [0.1, 0.15) is 22.9 Å². The Hall–Kier alpha value is -2.17. The molecule has 0 aliphatic carbocycles. The number of aryl methyl sites for hydroxylation is 1. The first kappa shape index (κ1) is 11.9. The maximum absolute atomic E-state index is 5.85. The summed E-state index contributed by atoms with van der Waals surface area (Å²) >= 11 is 0. The standard InChI is InChI=1S/C15H15N3O/c1-10-6-12(9-17-8-10)15(18-16)14-7-11-4-2-3-5-13(11)19-14/h2-9,15,18H,16H2,1H3. The molecule has 4 heteroatoms. The number of furan rings is 1. The molecule has 0 amide bonds. The Labute approximate surface area is 111 Å². The molecule has 2 heterocycles. The number of hydrazine groups is 1. The predicted octanol–water partition coefficient (Wildman–Crippen LogP) is 2.69. The molecule has 3 aromatic rings. The van der Waals surface area contributed by atoms with Gasteiger partial charge in [-0.2, -0.15) is 0 Å². The van der Waals surface area contributed by atoms with Crippen molar-refractivity contribution in [1.82, 2.24) is 10.4 Å². The Morgan fingerprint density at radius 2 is 2.05 bits per heavy atom. The number of pyridine rings is 1. The van der Waals surface area contributed by atoms with E-state index in [1.807, 2.05) is 49.5 Å². The molecule has 3 N–H and O–H groups in total. The molecule has 0 fully saturated rings. The summed E-state index contributed by atoms with van der Waals surface area (Å²) in [4.78, 5) is 4.20. The van der Waals surface area contributed by atoms with Gasteiger partial charge in [-0.25, -0.2) is 5.43 Å². The summed E-state index contributed by atoms with van der Waals surface area (Å²) < 4.78 is 5.85. The zero-order chi connectivity index (χ0) is 13.2. The van der Waals surface area contributed by atoms with Crippen LogP contribution >= 0.6 is 0 Å². The van der Waals surface area contributed by atoms with E-state index in [2.05, 4.69) is 10.4 Å². The van der Waals surface area contributed by atoms with E-state index in [-0.39, 0.29) is 6.04 Å². The molecule has 19 heavy (non-hydrogen) atoms. The average Bonchev–Trinajstić information content (AvgIpc) is 2.83. The fourth-order valence-corrected chi connectivity index (χ4v) is 2.22. The molecule has 0 saturated heterocycles. The molecule has 4 nitrogen and oxygen atoms in total. The number of fused-ring (bicyclic) bond motifs is 1. The van der Waals surface area contributed by atoms with Gasteiger partial charge < -0.3 is 4.42 Å². The van der Waals surface area contributed by atoms with Crippen molar-refractivity contribution in [1.29, 1.82) is 0 Å². The van der Waals surface area contributed by atoms with Crippen LogP contribution in [0.2, 0.25) is 0 Å². The molecule has 1 atom stereocenters. The normalized spacial score (nSPS) is 12.7. The third-order valence-electron chi connectivity index (χ3n) is 3.13. The summed E-state index contributed by atoms with van der Waals surface area (Å²) in [6.45, 7) is 2.00. The Kier molecular flexibility index (Phi) is 3.03. The fraction of sp³-hybridized carbons (Fsp3) is 0.133. The Morgan fingerprint density at radius 1 is 1.21 bits per heavy atom. The largest absolute Gasteiger partial charge is 0.459 e. The van der Waals surface area contributed by atoms with E-state index in [0.717, 1.165) is 27.9 Å². The van der Waals surface area contributed by atoms with Crippen molar-refractivity contribution in [2.24, 2.45) is 5.84 Å². The van der Waals surface area contributed by atoms with Crippen molar-refractivity contribution >= 4 is 11.0 Å². The van der Waals surface area contributed by atoms with Crippen LogP contribution in [0, 0.1) is 6.92 Å². The van der Waals surface area contributed by atoms with Gasteiger partial charge in [0, 0.05) is 17.8 Å². The van der Waals surface area contributed by atoms with Crippen LogP contribution in [0.5, 0.6) is 0 Å². The maximum atomic E-state index is 5.85. The minimum absolute atomic E-state index is 0.195. The van der Waals surface area contributed by atoms with Gasteiger partial charge >= 0.3 is 0 Å². The Bertz CT molecular complexity index is 672. The van der Waals surface area contributed by atoms with Crippen molar-refractivity contribution in [3.63, 3.8) is 0 Å². The number of para-hydroxylation sites is 1. The second kappa shape index (κ2) is 4.84. The van der Waals surface area contributed by atoms with Crippen molar-refractivity contribution in [3.05, 3.63) is 65.7 Å². The lowest BCUT2D eigenvalue weighted by molar-refractivity contribution is 0.476. The molecule has 1 aromatic carbocycles. The molecule has 0 bridgehead atoms. The molecule has 0 aliphatic rings. The molecule has 3 rings (SSSR count). The van der Waals surface area contributed by atoms with Gasteiger partial charge in [-0.1, -0.05) is 24.3 Å². The summed E-state index contributed by atoms with van der Waals surface area (Å²) in [6.07, 6.45) is 3.61. The lowest BCUT2D eigenvalue weighted by atomic mass is 10.1. The van der Waals surface area contributed by atoms with E-state index < -0.39 is 0 Å². The van der Waals surface area contributed by atoms with E-state index in [0.29, 0.717) is 0 Å². The molecule has 0 saturated carbocycles. The van der Waals surface area contributed by atoms with E-state index in [9.17, 15) is 0 Å². The van der Waals surface area contributed by atoms with Gasteiger partial charge in [-0.05, 0) is 30.2 Å². The molecule has 0 radical (unpaired) electrons. The molecule has 0 aliphatic heterocycles. The van der Waals surface area contributed by atoms with Crippen LogP contribution < -0.4 is 11.3 Å². The Morgan fingerprint density at radius 3 is 2.79 bits per heavy atom. The summed E-state index contributed by atoms with van der Waals surface area (Å²) in [7, 11) is 0. The maximum Gasteiger partial charge on any atom is 0.134 e. The van der Waals surface area contributed by atoms with Crippen molar-refractivity contribution in [2.45, 2.75) is 13.0 Å². The van der Waals surface area contributed by atoms with Gasteiger partial charge in [0.1, 0.15) is 17.4 Å². The van der Waals surface area contributed by atoms with Gasteiger partial charge in [0.2, 0.25) is 0 Å². The molecule has 1 unspecified atom stereocenters. The summed E-state index contributed by atoms with van der Waals surface area (Å²) in [6, 6.07) is 11.8. The molecule has 2 aromatic heterocycles. The average molecular weight is 253 g/mol. The van der Waals surface area contributed by atoms with Crippen LogP contribution in [0.4, 0.5) is 0 Å². The number of hydrogen-bond acceptors (Lipinski definition) is 4. The van der Waals surface area contributed by atoms with Gasteiger partial charge in [0.15, 0.2) is 0 Å². The van der Waals surface area contributed by atoms with E-state index in [4.69, 9.17) is 10.3 Å². The quantitative estimate of drug-likeness (QED) is 0.556. The van der Waals surface area contributed by atoms with Crippen molar-refractivity contribution in [3.8, 4) is 0 Å². The highest BCUT2D eigenvalue weighted by Gasteiger charge is 2.17. The minimum atomic E-state index is -0.195. The van der Waals surface area contributed by atoms with Crippen molar-refractivity contribution in [2.75, 3.05) is 0 Å².